The van der Waals surface area contributed by atoms with Crippen LogP contribution in [0.25, 0.3) is 0 Å². The minimum atomic E-state index is 0.822. The minimum absolute atomic E-state index is 0.822. The first-order chi connectivity index (χ1) is 8.18. The Kier molecular flexibility index (Phi) is 4.87. The highest BCUT2D eigenvalue weighted by Crippen LogP contribution is 2.33. The zero-order chi connectivity index (χ0) is 12.3. The van der Waals surface area contributed by atoms with E-state index in [4.69, 9.17) is 0 Å². The number of nitrogens with one attached hydrogen (secondary N) is 1. The van der Waals surface area contributed by atoms with Gasteiger partial charge in [0.15, 0.2) is 0 Å². The summed E-state index contributed by atoms with van der Waals surface area (Å²) in [5, 5.41) is 3.53. The molecule has 2 nitrogen and oxygen atoms in total. The van der Waals surface area contributed by atoms with E-state index in [9.17, 15) is 0 Å². The molecule has 2 rings (SSSR count). The van der Waals surface area contributed by atoms with Crippen LogP contribution in [0, 0.1) is 11.8 Å². The lowest BCUT2D eigenvalue weighted by Gasteiger charge is -2.42. The molecule has 17 heavy (non-hydrogen) atoms. The molecule has 1 N–H and O–H groups in total. The maximum atomic E-state index is 3.53. The summed E-state index contributed by atoms with van der Waals surface area (Å²) in [6.45, 7) is 7.33. The van der Waals surface area contributed by atoms with E-state index in [1.54, 1.807) is 0 Å². The molecule has 0 amide bonds. The van der Waals surface area contributed by atoms with Crippen LogP contribution in [0.1, 0.15) is 52.4 Å². The topological polar surface area (TPSA) is 15.3 Å². The van der Waals surface area contributed by atoms with Crippen LogP contribution < -0.4 is 5.32 Å². The lowest BCUT2D eigenvalue weighted by atomic mass is 9.78. The van der Waals surface area contributed by atoms with Gasteiger partial charge in [-0.1, -0.05) is 20.3 Å². The minimum Gasteiger partial charge on any atom is -0.317 e. The van der Waals surface area contributed by atoms with Gasteiger partial charge in [0.1, 0.15) is 0 Å². The Balaban J connectivity index is 1.94. The van der Waals surface area contributed by atoms with E-state index in [0.717, 1.165) is 23.9 Å². The fourth-order valence-electron chi connectivity index (χ4n) is 3.75. The third-order valence-corrected chi connectivity index (χ3v) is 5.06. The molecule has 2 aliphatic rings. The second-order valence-electron chi connectivity index (χ2n) is 6.46. The zero-order valence-electron chi connectivity index (χ0n) is 11.9. The second-order valence-corrected chi connectivity index (χ2v) is 6.46. The molecule has 0 aromatic heterocycles. The molecule has 2 heteroatoms. The van der Waals surface area contributed by atoms with Gasteiger partial charge in [0, 0.05) is 12.1 Å². The molecule has 1 aliphatic heterocycles. The molecule has 4 atom stereocenters. The quantitative estimate of drug-likeness (QED) is 0.796. The van der Waals surface area contributed by atoms with Crippen LogP contribution in [0.4, 0.5) is 0 Å². The molecule has 0 spiro atoms. The van der Waals surface area contributed by atoms with Crippen LogP contribution in [-0.2, 0) is 0 Å². The summed E-state index contributed by atoms with van der Waals surface area (Å²) in [7, 11) is 2.38. The molecule has 0 aromatic rings. The van der Waals surface area contributed by atoms with Crippen molar-refractivity contribution in [3.05, 3.63) is 0 Å². The number of rotatable bonds is 2. The summed E-state index contributed by atoms with van der Waals surface area (Å²) < 4.78 is 0. The first kappa shape index (κ1) is 13.4. The van der Waals surface area contributed by atoms with Gasteiger partial charge >= 0.3 is 0 Å². The summed E-state index contributed by atoms with van der Waals surface area (Å²) in [5.74, 6) is 1.83. The summed E-state index contributed by atoms with van der Waals surface area (Å²) in [6.07, 6.45) is 8.38. The first-order valence-electron chi connectivity index (χ1n) is 7.61. The molecule has 100 valence electrons. The Morgan fingerprint density at radius 2 is 1.82 bits per heavy atom. The Morgan fingerprint density at radius 1 is 1.00 bits per heavy atom. The highest BCUT2D eigenvalue weighted by molar-refractivity contribution is 4.86. The zero-order valence-corrected chi connectivity index (χ0v) is 11.9. The smallest absolute Gasteiger partial charge is 0.0123 e. The van der Waals surface area contributed by atoms with Gasteiger partial charge in [-0.3, -0.25) is 0 Å². The highest BCUT2D eigenvalue weighted by Gasteiger charge is 2.31. The highest BCUT2D eigenvalue weighted by atomic mass is 15.2. The van der Waals surface area contributed by atoms with Crippen LogP contribution >= 0.6 is 0 Å². The summed E-state index contributed by atoms with van der Waals surface area (Å²) in [6, 6.07) is 1.66. The maximum Gasteiger partial charge on any atom is 0.0123 e. The predicted octanol–water partition coefficient (Wildman–Crippen LogP) is 2.89. The van der Waals surface area contributed by atoms with Gasteiger partial charge < -0.3 is 10.2 Å². The van der Waals surface area contributed by atoms with Crippen molar-refractivity contribution in [1.29, 1.82) is 0 Å². The van der Waals surface area contributed by atoms with Crippen molar-refractivity contribution < 1.29 is 0 Å². The average molecular weight is 238 g/mol. The number of nitrogens with zero attached hydrogens (tertiary/aromatic N) is 1. The van der Waals surface area contributed by atoms with Crippen molar-refractivity contribution in [1.82, 2.24) is 10.2 Å². The monoisotopic (exact) mass is 238 g/mol. The van der Waals surface area contributed by atoms with Crippen LogP contribution in [-0.4, -0.2) is 37.1 Å². The van der Waals surface area contributed by atoms with E-state index in [1.807, 2.05) is 0 Å². The van der Waals surface area contributed by atoms with Crippen molar-refractivity contribution in [2.45, 2.75) is 64.5 Å². The van der Waals surface area contributed by atoms with Crippen molar-refractivity contribution in [2.75, 3.05) is 20.1 Å². The van der Waals surface area contributed by atoms with Crippen molar-refractivity contribution in [3.8, 4) is 0 Å². The summed E-state index contributed by atoms with van der Waals surface area (Å²) in [4.78, 5) is 2.73. The molecule has 0 aromatic carbocycles. The first-order valence-corrected chi connectivity index (χ1v) is 7.61. The third-order valence-electron chi connectivity index (χ3n) is 5.06. The molecule has 1 saturated heterocycles. The van der Waals surface area contributed by atoms with E-state index in [2.05, 4.69) is 31.1 Å². The largest absolute Gasteiger partial charge is 0.317 e. The van der Waals surface area contributed by atoms with Crippen LogP contribution in [0.15, 0.2) is 0 Å². The molecule has 1 aliphatic carbocycles. The van der Waals surface area contributed by atoms with Crippen LogP contribution in [0.3, 0.4) is 0 Å². The molecular formula is C15H30N2. The Morgan fingerprint density at radius 3 is 2.65 bits per heavy atom. The lowest BCUT2D eigenvalue weighted by molar-refractivity contribution is 0.0720. The number of hydrogen-bond acceptors (Lipinski definition) is 2. The van der Waals surface area contributed by atoms with Crippen molar-refractivity contribution in [2.24, 2.45) is 11.8 Å². The fraction of sp³-hybridized carbons (Fsp3) is 1.00. The Bertz CT molecular complexity index is 221. The molecule has 0 radical (unpaired) electrons. The van der Waals surface area contributed by atoms with Crippen LogP contribution in [0.2, 0.25) is 0 Å². The molecule has 2 fully saturated rings. The predicted molar refractivity (Wildman–Crippen MR) is 74.2 cm³/mol. The molecule has 0 bridgehead atoms. The normalized spacial score (nSPS) is 40.2. The standard InChI is InChI=1S/C15H30N2/c1-12-6-7-13(2)15(11-12)17(3)14-5-4-9-16-10-8-14/h12-16H,4-11H2,1-3H3. The van der Waals surface area contributed by atoms with Gasteiger partial charge in [-0.25, -0.2) is 0 Å². The van der Waals surface area contributed by atoms with Gasteiger partial charge in [-0.15, -0.1) is 0 Å². The van der Waals surface area contributed by atoms with Crippen molar-refractivity contribution >= 4 is 0 Å². The summed E-state index contributed by atoms with van der Waals surface area (Å²) >= 11 is 0. The second kappa shape index (κ2) is 6.19. The molecule has 4 unspecified atom stereocenters. The molecule has 1 heterocycles. The summed E-state index contributed by atoms with van der Waals surface area (Å²) in [5.41, 5.74) is 0. The van der Waals surface area contributed by atoms with E-state index < -0.39 is 0 Å². The van der Waals surface area contributed by atoms with Gasteiger partial charge in [-0.2, -0.15) is 0 Å². The average Bonchev–Trinajstić information content (AvgIpc) is 2.60. The third kappa shape index (κ3) is 3.45. The fourth-order valence-corrected chi connectivity index (χ4v) is 3.75. The van der Waals surface area contributed by atoms with E-state index in [0.29, 0.717) is 0 Å². The number of hydrogen-bond donors (Lipinski definition) is 1. The maximum absolute atomic E-state index is 3.53. The lowest BCUT2D eigenvalue weighted by Crippen LogP contribution is -2.46. The van der Waals surface area contributed by atoms with Gasteiger partial charge in [0.05, 0.1) is 0 Å². The van der Waals surface area contributed by atoms with Crippen molar-refractivity contribution in [3.63, 3.8) is 0 Å². The van der Waals surface area contributed by atoms with E-state index in [1.165, 1.54) is 51.6 Å². The SMILES string of the molecule is CC1CCC(C)C(N(C)C2CCCNCC2)C1. The Hall–Kier alpha value is -0.0800. The molecule has 1 saturated carbocycles. The van der Waals surface area contributed by atoms with Crippen LogP contribution in [0.5, 0.6) is 0 Å². The van der Waals surface area contributed by atoms with E-state index >= 15 is 0 Å². The molecular weight excluding hydrogens is 208 g/mol. The van der Waals surface area contributed by atoms with E-state index in [-0.39, 0.29) is 0 Å². The van der Waals surface area contributed by atoms with Gasteiger partial charge in [-0.05, 0) is 64.1 Å². The van der Waals surface area contributed by atoms with Gasteiger partial charge in [0.25, 0.3) is 0 Å². The van der Waals surface area contributed by atoms with Gasteiger partial charge in [0.2, 0.25) is 0 Å². The Labute approximate surface area is 107 Å².